The van der Waals surface area contributed by atoms with Gasteiger partial charge in [-0.2, -0.15) is 5.10 Å². The molecule has 3 heterocycles. The van der Waals surface area contributed by atoms with Crippen LogP contribution in [0.25, 0.3) is 5.65 Å². The van der Waals surface area contributed by atoms with Gasteiger partial charge in [0.25, 0.3) is 5.91 Å². The smallest absolute Gasteiger partial charge is 0.274 e. The fraction of sp³-hybridized carbons (Fsp3) is 0.346. The summed E-state index contributed by atoms with van der Waals surface area (Å²) in [7, 11) is 1.64. The summed E-state index contributed by atoms with van der Waals surface area (Å²) < 4.78 is 23.1. The lowest BCUT2D eigenvalue weighted by Gasteiger charge is -2.10. The molecule has 5 rings (SSSR count). The monoisotopic (exact) mass is 505 g/mol. The summed E-state index contributed by atoms with van der Waals surface area (Å²) in [6.07, 6.45) is 1.61. The number of imidazole rings is 1. The predicted molar refractivity (Wildman–Crippen MR) is 135 cm³/mol. The van der Waals surface area contributed by atoms with Crippen LogP contribution < -0.4 is 15.4 Å². The molecule has 10 nitrogen and oxygen atoms in total. The van der Waals surface area contributed by atoms with Gasteiger partial charge in [0.05, 0.1) is 17.6 Å². The largest absolute Gasteiger partial charge is 0.438 e. The summed E-state index contributed by atoms with van der Waals surface area (Å²) in [5.41, 5.74) is 1.29. The van der Waals surface area contributed by atoms with Crippen LogP contribution in [0.1, 0.15) is 43.9 Å². The first-order valence-corrected chi connectivity index (χ1v) is 11.8. The number of carbonyl (C=O) groups is 2. The maximum absolute atomic E-state index is 14.4. The lowest BCUT2D eigenvalue weighted by atomic mass is 10.0. The van der Waals surface area contributed by atoms with Gasteiger partial charge in [-0.15, -0.1) is 5.10 Å². The molecule has 11 heteroatoms. The number of nitrogens with one attached hydrogen (secondary N) is 2. The van der Waals surface area contributed by atoms with Crippen molar-refractivity contribution < 1.29 is 18.7 Å². The number of hydrogen-bond donors (Lipinski definition) is 2. The van der Waals surface area contributed by atoms with E-state index in [-0.39, 0.29) is 40.0 Å². The first-order chi connectivity index (χ1) is 17.4. The number of carbonyl (C=O) groups excluding carboxylic acids is 2. The van der Waals surface area contributed by atoms with Gasteiger partial charge in [0.15, 0.2) is 11.5 Å². The fourth-order valence-electron chi connectivity index (χ4n) is 4.82. The summed E-state index contributed by atoms with van der Waals surface area (Å²) in [4.78, 5) is 29.8. The Morgan fingerprint density at radius 3 is 2.41 bits per heavy atom. The molecule has 37 heavy (non-hydrogen) atoms. The number of amides is 2. The Bertz CT molecular complexity index is 1540. The summed E-state index contributed by atoms with van der Waals surface area (Å²) in [6.45, 7) is 10.1. The average Bonchev–Trinajstić information content (AvgIpc) is 3.13. The molecule has 2 amide bonds. The Kier molecular flexibility index (Phi) is 5.54. The molecule has 1 saturated carbocycles. The molecule has 1 fully saturated rings. The second-order valence-corrected chi connectivity index (χ2v) is 10.5. The number of aryl methyl sites for hydroxylation is 2. The Balaban J connectivity index is 1.30. The number of rotatable bonds is 6. The topological polar surface area (TPSA) is 115 Å². The van der Waals surface area contributed by atoms with Crippen molar-refractivity contribution in [3.05, 3.63) is 59.8 Å². The van der Waals surface area contributed by atoms with Gasteiger partial charge in [0.2, 0.25) is 11.8 Å². The van der Waals surface area contributed by atoms with Gasteiger partial charge < -0.3 is 15.4 Å². The summed E-state index contributed by atoms with van der Waals surface area (Å²) in [6, 6.07) is 8.93. The minimum Gasteiger partial charge on any atom is -0.438 e. The molecule has 4 aromatic rings. The zero-order valence-corrected chi connectivity index (χ0v) is 21.5. The molecule has 192 valence electrons. The SMILES string of the molecule is Cc1cc(C(=O)Nc2cc(Oc3ccc4nc(NC(=O)C5C(C)(C)C5(C)C)cn4n3)ccc2F)n(C)n1. The van der Waals surface area contributed by atoms with Gasteiger partial charge in [-0.1, -0.05) is 27.7 Å². The van der Waals surface area contributed by atoms with Gasteiger partial charge in [-0.3, -0.25) is 14.3 Å². The molecule has 0 aliphatic heterocycles. The number of halogens is 1. The minimum absolute atomic E-state index is 0.0408. The molecule has 0 spiro atoms. The number of benzene rings is 1. The summed E-state index contributed by atoms with van der Waals surface area (Å²) in [5.74, 6) is -0.395. The number of fused-ring (bicyclic) bond motifs is 1. The maximum Gasteiger partial charge on any atom is 0.274 e. The van der Waals surface area contributed by atoms with E-state index >= 15 is 0 Å². The van der Waals surface area contributed by atoms with E-state index < -0.39 is 11.7 Å². The second-order valence-electron chi connectivity index (χ2n) is 10.5. The number of nitrogens with zero attached hydrogens (tertiary/aromatic N) is 5. The third-order valence-corrected chi connectivity index (χ3v) is 7.47. The van der Waals surface area contributed by atoms with E-state index in [0.29, 0.717) is 22.9 Å². The highest BCUT2D eigenvalue weighted by atomic mass is 19.1. The Morgan fingerprint density at radius 2 is 1.76 bits per heavy atom. The molecule has 0 atom stereocenters. The van der Waals surface area contributed by atoms with Crippen LogP contribution >= 0.6 is 0 Å². The zero-order valence-electron chi connectivity index (χ0n) is 21.5. The average molecular weight is 506 g/mol. The maximum atomic E-state index is 14.4. The second kappa shape index (κ2) is 8.39. The zero-order chi connectivity index (χ0) is 26.7. The molecule has 1 aliphatic carbocycles. The van der Waals surface area contributed by atoms with E-state index in [1.165, 1.54) is 27.4 Å². The first kappa shape index (κ1) is 24.4. The first-order valence-electron chi connectivity index (χ1n) is 11.8. The highest BCUT2D eigenvalue weighted by molar-refractivity contribution is 6.03. The van der Waals surface area contributed by atoms with Crippen LogP contribution in [0.4, 0.5) is 15.9 Å². The van der Waals surface area contributed by atoms with Crippen LogP contribution in [0.15, 0.2) is 42.6 Å². The molecule has 0 unspecified atom stereocenters. The van der Waals surface area contributed by atoms with Crippen molar-refractivity contribution in [3.8, 4) is 11.6 Å². The van der Waals surface area contributed by atoms with E-state index in [4.69, 9.17) is 4.74 Å². The number of aromatic nitrogens is 5. The quantitative estimate of drug-likeness (QED) is 0.397. The molecular formula is C26H28FN7O3. The third kappa shape index (κ3) is 4.30. The van der Waals surface area contributed by atoms with Crippen molar-refractivity contribution in [2.24, 2.45) is 23.8 Å². The Morgan fingerprint density at radius 1 is 1.03 bits per heavy atom. The van der Waals surface area contributed by atoms with Crippen LogP contribution in [0, 0.1) is 29.5 Å². The minimum atomic E-state index is -0.611. The fourth-order valence-corrected chi connectivity index (χ4v) is 4.82. The van der Waals surface area contributed by atoms with Crippen LogP contribution in [-0.4, -0.2) is 36.2 Å². The summed E-state index contributed by atoms with van der Waals surface area (Å²) in [5, 5.41) is 14.0. The van der Waals surface area contributed by atoms with Crippen LogP contribution in [0.3, 0.4) is 0 Å². The van der Waals surface area contributed by atoms with Crippen LogP contribution in [-0.2, 0) is 11.8 Å². The standard InChI is InChI=1S/C26H28FN7O3/c1-14-11-18(33(6)31-14)23(35)28-17-12-15(7-8-16(17)27)37-21-10-9-20-29-19(13-34(20)32-21)30-24(36)22-25(2,3)26(22,4)5/h7-13,22H,1-6H3,(H,28,35)(H,30,36). The Labute approximate surface area is 212 Å². The van der Waals surface area contributed by atoms with E-state index in [2.05, 4.69) is 53.5 Å². The third-order valence-electron chi connectivity index (χ3n) is 7.47. The Hall–Kier alpha value is -4.28. The molecule has 1 aromatic carbocycles. The highest BCUT2D eigenvalue weighted by Gasteiger charge is 2.68. The molecule has 2 N–H and O–H groups in total. The molecule has 0 saturated heterocycles. The molecule has 0 bridgehead atoms. The van der Waals surface area contributed by atoms with Crippen molar-refractivity contribution in [1.82, 2.24) is 24.4 Å². The lowest BCUT2D eigenvalue weighted by molar-refractivity contribution is -0.118. The van der Waals surface area contributed by atoms with Gasteiger partial charge >= 0.3 is 0 Å². The van der Waals surface area contributed by atoms with Gasteiger partial charge in [0.1, 0.15) is 17.3 Å². The van der Waals surface area contributed by atoms with E-state index in [9.17, 15) is 14.0 Å². The number of hydrogen-bond acceptors (Lipinski definition) is 6. The molecule has 0 radical (unpaired) electrons. The number of ether oxygens (including phenoxy) is 1. The van der Waals surface area contributed by atoms with E-state index in [0.717, 1.165) is 0 Å². The molecule has 3 aromatic heterocycles. The van der Waals surface area contributed by atoms with Crippen molar-refractivity contribution in [3.63, 3.8) is 0 Å². The van der Waals surface area contributed by atoms with E-state index in [1.54, 1.807) is 38.4 Å². The molecule has 1 aliphatic rings. The van der Waals surface area contributed by atoms with Crippen LogP contribution in [0.5, 0.6) is 11.6 Å². The van der Waals surface area contributed by atoms with Gasteiger partial charge in [0, 0.05) is 25.1 Å². The predicted octanol–water partition coefficient (Wildman–Crippen LogP) is 4.58. The van der Waals surface area contributed by atoms with Crippen LogP contribution in [0.2, 0.25) is 0 Å². The van der Waals surface area contributed by atoms with Gasteiger partial charge in [-0.05, 0) is 42.0 Å². The van der Waals surface area contributed by atoms with Crippen molar-refractivity contribution in [2.45, 2.75) is 34.6 Å². The number of anilines is 2. The van der Waals surface area contributed by atoms with Crippen molar-refractivity contribution in [1.29, 1.82) is 0 Å². The van der Waals surface area contributed by atoms with Gasteiger partial charge in [-0.25, -0.2) is 13.9 Å². The summed E-state index contributed by atoms with van der Waals surface area (Å²) >= 11 is 0. The van der Waals surface area contributed by atoms with Crippen molar-refractivity contribution in [2.75, 3.05) is 10.6 Å². The molecular weight excluding hydrogens is 477 g/mol. The lowest BCUT2D eigenvalue weighted by Crippen LogP contribution is -2.17. The van der Waals surface area contributed by atoms with Crippen molar-refractivity contribution >= 4 is 29.0 Å². The normalized spacial score (nSPS) is 16.0. The van der Waals surface area contributed by atoms with E-state index in [1.807, 2.05) is 0 Å². The highest BCUT2D eigenvalue weighted by Crippen LogP contribution is 2.68.